The van der Waals surface area contributed by atoms with Crippen LogP contribution in [-0.2, 0) is 15.8 Å². The second-order valence-corrected chi connectivity index (χ2v) is 4.37. The zero-order valence-corrected chi connectivity index (χ0v) is 9.56. The summed E-state index contributed by atoms with van der Waals surface area (Å²) < 4.78 is 10.4. The van der Waals surface area contributed by atoms with Gasteiger partial charge in [-0.25, -0.2) is 0 Å². The fourth-order valence-corrected chi connectivity index (χ4v) is 1.53. The number of benzene rings is 1. The van der Waals surface area contributed by atoms with E-state index in [2.05, 4.69) is 5.32 Å². The van der Waals surface area contributed by atoms with Crippen LogP contribution in [0.3, 0.4) is 0 Å². The van der Waals surface area contributed by atoms with E-state index in [1.54, 1.807) is 0 Å². The third kappa shape index (κ3) is 4.49. The van der Waals surface area contributed by atoms with E-state index >= 15 is 0 Å². The summed E-state index contributed by atoms with van der Waals surface area (Å²) in [5.41, 5.74) is 6.60. The van der Waals surface area contributed by atoms with Gasteiger partial charge >= 0.3 is 8.03 Å². The fraction of sp³-hybridized carbons (Fsp3) is 0.300. The Morgan fingerprint density at radius 1 is 1.44 bits per heavy atom. The van der Waals surface area contributed by atoms with Gasteiger partial charge in [-0.3, -0.25) is 4.79 Å². The summed E-state index contributed by atoms with van der Waals surface area (Å²) in [6.07, 6.45) is 0.158. The Kier molecular flexibility index (Phi) is 5.05. The Labute approximate surface area is 94.5 Å². The SMILES string of the molecule is N[C@@H](Cc1ccccc1)C(=O)NC[P+](=O)O. The summed E-state index contributed by atoms with van der Waals surface area (Å²) in [7, 11) is -2.35. The molecule has 86 valence electrons. The number of nitrogens with two attached hydrogens (primary N) is 1. The van der Waals surface area contributed by atoms with E-state index in [0.29, 0.717) is 6.42 Å². The second-order valence-electron chi connectivity index (χ2n) is 3.35. The number of amides is 1. The molecule has 1 aromatic rings. The maximum Gasteiger partial charge on any atom is 0.527 e. The molecular formula is C10H14N2O3P+. The van der Waals surface area contributed by atoms with E-state index in [4.69, 9.17) is 10.6 Å². The normalized spacial score (nSPS) is 13.0. The predicted octanol–water partition coefficient (Wildman–Crippen LogP) is 0.365. The van der Waals surface area contributed by atoms with Gasteiger partial charge < -0.3 is 11.1 Å². The lowest BCUT2D eigenvalue weighted by Crippen LogP contribution is -2.41. The van der Waals surface area contributed by atoms with Crippen LogP contribution in [-0.4, -0.2) is 23.1 Å². The van der Waals surface area contributed by atoms with Crippen LogP contribution in [0.15, 0.2) is 30.3 Å². The molecule has 5 nitrogen and oxygen atoms in total. The Morgan fingerprint density at radius 2 is 2.06 bits per heavy atom. The molecule has 0 aromatic heterocycles. The maximum atomic E-state index is 11.4. The van der Waals surface area contributed by atoms with Crippen LogP contribution >= 0.6 is 8.03 Å². The first-order valence-corrected chi connectivity index (χ1v) is 6.20. The van der Waals surface area contributed by atoms with E-state index in [0.717, 1.165) is 5.56 Å². The number of hydrogen-bond donors (Lipinski definition) is 3. The summed E-state index contributed by atoms with van der Waals surface area (Å²) in [5.74, 6) is -0.416. The molecule has 0 aliphatic carbocycles. The Morgan fingerprint density at radius 3 is 2.62 bits per heavy atom. The van der Waals surface area contributed by atoms with Crippen molar-refractivity contribution in [3.8, 4) is 0 Å². The highest BCUT2D eigenvalue weighted by Gasteiger charge is 2.18. The molecule has 1 aromatic carbocycles. The minimum absolute atomic E-state index is 0.253. The second kappa shape index (κ2) is 6.33. The summed E-state index contributed by atoms with van der Waals surface area (Å²) in [6.45, 7) is 0. The van der Waals surface area contributed by atoms with Crippen molar-refractivity contribution in [2.45, 2.75) is 12.5 Å². The minimum Gasteiger partial charge on any atom is -0.320 e. The van der Waals surface area contributed by atoms with E-state index in [-0.39, 0.29) is 6.29 Å². The van der Waals surface area contributed by atoms with Crippen LogP contribution in [0.5, 0.6) is 0 Å². The smallest absolute Gasteiger partial charge is 0.320 e. The van der Waals surface area contributed by atoms with Gasteiger partial charge in [0, 0.05) is 0 Å². The molecule has 1 unspecified atom stereocenters. The van der Waals surface area contributed by atoms with Crippen molar-refractivity contribution in [2.24, 2.45) is 5.73 Å². The Balaban J connectivity index is 2.43. The van der Waals surface area contributed by atoms with Gasteiger partial charge in [0.2, 0.25) is 12.2 Å². The Hall–Kier alpha value is -1.29. The molecule has 6 heteroatoms. The average Bonchev–Trinajstić information content (AvgIpc) is 2.27. The van der Waals surface area contributed by atoms with Gasteiger partial charge in [0.1, 0.15) is 0 Å². The molecule has 0 spiro atoms. The first-order valence-electron chi connectivity index (χ1n) is 4.80. The summed E-state index contributed by atoms with van der Waals surface area (Å²) in [5, 5.41) is 2.30. The van der Waals surface area contributed by atoms with Gasteiger partial charge in [-0.05, 0) is 16.5 Å². The summed E-state index contributed by atoms with van der Waals surface area (Å²) >= 11 is 0. The van der Waals surface area contributed by atoms with Crippen LogP contribution < -0.4 is 11.1 Å². The van der Waals surface area contributed by atoms with Crippen molar-refractivity contribution < 1.29 is 14.3 Å². The molecule has 16 heavy (non-hydrogen) atoms. The van der Waals surface area contributed by atoms with Crippen molar-refractivity contribution in [2.75, 3.05) is 6.29 Å². The monoisotopic (exact) mass is 241 g/mol. The third-order valence-corrected chi connectivity index (χ3v) is 2.45. The van der Waals surface area contributed by atoms with Crippen LogP contribution in [0.4, 0.5) is 0 Å². The molecule has 0 fully saturated rings. The number of rotatable bonds is 5. The molecule has 0 heterocycles. The van der Waals surface area contributed by atoms with Gasteiger partial charge in [-0.1, -0.05) is 30.3 Å². The highest BCUT2D eigenvalue weighted by molar-refractivity contribution is 7.37. The predicted molar refractivity (Wildman–Crippen MR) is 61.0 cm³/mol. The fourth-order valence-electron chi connectivity index (χ4n) is 1.24. The van der Waals surface area contributed by atoms with Crippen molar-refractivity contribution in [3.05, 3.63) is 35.9 Å². The van der Waals surface area contributed by atoms with E-state index in [1.807, 2.05) is 30.3 Å². The van der Waals surface area contributed by atoms with Gasteiger partial charge in [0.25, 0.3) is 0 Å². The van der Waals surface area contributed by atoms with E-state index < -0.39 is 20.0 Å². The molecule has 2 atom stereocenters. The average molecular weight is 241 g/mol. The maximum absolute atomic E-state index is 11.4. The molecule has 1 rings (SSSR count). The van der Waals surface area contributed by atoms with Gasteiger partial charge in [0.15, 0.2) is 0 Å². The van der Waals surface area contributed by atoms with Crippen LogP contribution in [0, 0.1) is 0 Å². The molecule has 0 saturated heterocycles. The van der Waals surface area contributed by atoms with E-state index in [1.165, 1.54) is 0 Å². The topological polar surface area (TPSA) is 92.4 Å². The highest BCUT2D eigenvalue weighted by Crippen LogP contribution is 2.08. The lowest BCUT2D eigenvalue weighted by atomic mass is 10.1. The van der Waals surface area contributed by atoms with Gasteiger partial charge in [-0.15, -0.1) is 0 Å². The molecule has 0 radical (unpaired) electrons. The minimum atomic E-state index is -2.35. The molecule has 0 bridgehead atoms. The van der Waals surface area contributed by atoms with Crippen molar-refractivity contribution in [1.82, 2.24) is 5.32 Å². The number of nitrogens with one attached hydrogen (secondary N) is 1. The zero-order chi connectivity index (χ0) is 12.0. The largest absolute Gasteiger partial charge is 0.527 e. The molecular weight excluding hydrogens is 227 g/mol. The summed E-state index contributed by atoms with van der Waals surface area (Å²) in [6, 6.07) is 8.66. The lowest BCUT2D eigenvalue weighted by Gasteiger charge is -2.09. The first-order chi connectivity index (χ1) is 7.59. The quantitative estimate of drug-likeness (QED) is 0.649. The third-order valence-electron chi connectivity index (χ3n) is 2.02. The van der Waals surface area contributed by atoms with Crippen molar-refractivity contribution in [1.29, 1.82) is 0 Å². The number of hydrogen-bond acceptors (Lipinski definition) is 3. The molecule has 4 N–H and O–H groups in total. The standard InChI is InChI=1S/C10H13N2O3P/c11-9(10(13)12-7-16(14)15)6-8-4-2-1-3-5-8/h1-5,9H,6-7,11H2,(H-,12,13,14,15)/p+1/t9-/m0/s1. The zero-order valence-electron chi connectivity index (χ0n) is 8.67. The first kappa shape index (κ1) is 12.8. The molecule has 1 amide bonds. The van der Waals surface area contributed by atoms with Crippen molar-refractivity contribution in [3.63, 3.8) is 0 Å². The number of carbonyl (C=O) groups excluding carboxylic acids is 1. The van der Waals surface area contributed by atoms with Gasteiger partial charge in [0.05, 0.1) is 6.04 Å². The summed E-state index contributed by atoms with van der Waals surface area (Å²) in [4.78, 5) is 19.9. The molecule has 0 aliphatic rings. The molecule has 0 aliphatic heterocycles. The van der Waals surface area contributed by atoms with E-state index in [9.17, 15) is 9.36 Å². The Bertz CT molecular complexity index is 370. The van der Waals surface area contributed by atoms with Crippen molar-refractivity contribution >= 4 is 13.9 Å². The van der Waals surface area contributed by atoms with Crippen LogP contribution in [0.25, 0.3) is 0 Å². The van der Waals surface area contributed by atoms with Crippen LogP contribution in [0.1, 0.15) is 5.56 Å². The highest BCUT2D eigenvalue weighted by atomic mass is 31.1. The van der Waals surface area contributed by atoms with Gasteiger partial charge in [-0.2, -0.15) is 4.89 Å². The molecule has 0 saturated carbocycles. The lowest BCUT2D eigenvalue weighted by molar-refractivity contribution is -0.122. The number of carbonyl (C=O) groups is 1. The van der Waals surface area contributed by atoms with Crippen LogP contribution in [0.2, 0.25) is 0 Å².